The van der Waals surface area contributed by atoms with E-state index < -0.39 is 159 Å². The number of allylic oxidation sites excluding steroid dienone is 2. The highest BCUT2D eigenvalue weighted by Crippen LogP contribution is 2.80. The van der Waals surface area contributed by atoms with Gasteiger partial charge in [0, 0.05) is 66.7 Å². The average molecular weight is 1130 g/mol. The minimum absolute atomic E-state index is 0.104. The molecule has 7 fully saturated rings. The number of aliphatic hydroxyl groups is 8. The second-order valence-electron chi connectivity index (χ2n) is 28.2. The second-order valence-corrected chi connectivity index (χ2v) is 28.2. The molecular formula is C60H88N8O13. The maximum Gasteiger partial charge on any atom is 0.310 e. The first kappa shape index (κ1) is 57.4. The molecule has 0 bridgehead atoms. The molecule has 0 radical (unpaired) electrons. The van der Waals surface area contributed by atoms with Gasteiger partial charge in [-0.3, -0.25) is 9.59 Å². The average Bonchev–Trinajstić information content (AvgIpc) is 0.980. The Hall–Kier alpha value is -4.02. The standard InChI is InChI=1S/C60H88N8O13/c1-54(24-69)14-15-60(53(78)79)35(19-54)31-16-28-9-10-29-8-7-12-59(29)33(42(68-52(59)77)41(38-22-63-26-65-38)43(72)30(20-62-6)49(61)76)17-34-44(73)48(81-51-46(75)45(74)39(71)23-80-51)55(2,25-70)40-11-13-56(3,47(28)57(34,40)4)58(31,5)32-18-37-50(67-27-66-37)64-21-36(32)60/h16,22,26-30,32-36,39-49,51,62,64,69-76H,7-8,11-15,17-21,23-25,61H2,1-6H3,(H,63,65)(H,66,67)(H,68,77)(H,78,79)/t28-,29+,30-,32-,33-,34-,35-,36-,39+,40+,41-,42+,43-,44+,45-,46+,47-,48+,49-,51-,54-,55-,56+,57-,58-,59-,60+/m0/s1. The predicted molar refractivity (Wildman–Crippen MR) is 292 cm³/mol. The number of fused-ring (bicyclic) bond motifs is 8. The quantitative estimate of drug-likeness (QED) is 0.0614. The topological polar surface area (TPSA) is 354 Å². The third kappa shape index (κ3) is 7.79. The number of carbonyl (C=O) groups is 2. The van der Waals surface area contributed by atoms with E-state index in [0.717, 1.165) is 11.3 Å². The SMILES string of the molecule is CNC[C@@H]([C@H](O)[C@@H](c1cnc[nH]1)[C@@H]1NC(=O)[C@@]23CCC[C@@H]2C#C[C@H]2C=C4[C@@H]5C[C@@](C)(CO)CC[C@]5(C(=O)O)[C@H]5CNc6nc[nH]c6C[C@@H]5[C@@]4(C)[C@]4(C)CC[C@@H]5[C@](C)(CO)[C@H](O[C@@H]6OC[C@@H](O)[C@H](O)[C@H]6O)[C@H](O)[C@H](C[C@@H]13)[C@]5(C)[C@@H]24)[C@@H](N)O. The summed E-state index contributed by atoms with van der Waals surface area (Å²) in [6.07, 6.45) is 0.235. The highest BCUT2D eigenvalue weighted by Gasteiger charge is 2.79. The Labute approximate surface area is 473 Å². The van der Waals surface area contributed by atoms with Crippen LogP contribution in [0.5, 0.6) is 0 Å². The molecule has 0 aromatic carbocycles. The first-order valence-corrected chi connectivity index (χ1v) is 30.0. The first-order chi connectivity index (χ1) is 38.5. The van der Waals surface area contributed by atoms with Crippen LogP contribution in [-0.4, -0.2) is 173 Å². The summed E-state index contributed by atoms with van der Waals surface area (Å²) in [6, 6.07) is -0.827. The van der Waals surface area contributed by atoms with E-state index in [1.807, 2.05) is 6.92 Å². The number of anilines is 1. The number of H-pyrrole nitrogens is 2. The minimum Gasteiger partial charge on any atom is -0.481 e. The number of nitrogens with zero attached hydrogens (tertiary/aromatic N) is 2. The summed E-state index contributed by atoms with van der Waals surface area (Å²) in [6.45, 7) is 10.5. The molecule has 1 spiro atoms. The second kappa shape index (κ2) is 20.0. The molecule has 3 aliphatic heterocycles. The van der Waals surface area contributed by atoms with Crippen LogP contribution in [0.3, 0.4) is 0 Å². The summed E-state index contributed by atoms with van der Waals surface area (Å²) in [7, 11) is 1.71. The van der Waals surface area contributed by atoms with Gasteiger partial charge in [0.25, 0.3) is 0 Å². The minimum atomic E-state index is -1.71. The Balaban J connectivity index is 1.11. The molecule has 2 aromatic rings. The molecule has 2 saturated heterocycles. The van der Waals surface area contributed by atoms with E-state index in [0.29, 0.717) is 75.8 Å². The van der Waals surface area contributed by atoms with Crippen LogP contribution >= 0.6 is 0 Å². The van der Waals surface area contributed by atoms with Crippen molar-refractivity contribution in [2.45, 2.75) is 160 Å². The van der Waals surface area contributed by atoms with Gasteiger partial charge in [0.2, 0.25) is 5.91 Å². The van der Waals surface area contributed by atoms with Crippen LogP contribution in [-0.2, 0) is 25.5 Å². The number of ether oxygens (including phenoxy) is 2. The van der Waals surface area contributed by atoms with Crippen LogP contribution in [0.25, 0.3) is 0 Å². The molecule has 12 rings (SSSR count). The van der Waals surface area contributed by atoms with Gasteiger partial charge in [-0.1, -0.05) is 64.5 Å². The van der Waals surface area contributed by atoms with Crippen LogP contribution in [0.1, 0.15) is 110 Å². The van der Waals surface area contributed by atoms with Crippen molar-refractivity contribution in [3.05, 3.63) is 41.9 Å². The first-order valence-electron chi connectivity index (χ1n) is 30.0. The summed E-state index contributed by atoms with van der Waals surface area (Å²) in [5.74, 6) is 1.13. The van der Waals surface area contributed by atoms with Gasteiger partial charge in [0.05, 0.1) is 60.7 Å². The van der Waals surface area contributed by atoms with E-state index in [1.54, 1.807) is 19.6 Å². The lowest BCUT2D eigenvalue weighted by Gasteiger charge is -2.76. The number of nitrogens with one attached hydrogen (secondary N) is 5. The molecule has 7 aliphatic carbocycles. The maximum atomic E-state index is 15.7. The largest absolute Gasteiger partial charge is 0.481 e. The number of aromatic amines is 2. The Morgan fingerprint density at radius 3 is 2.42 bits per heavy atom. The van der Waals surface area contributed by atoms with E-state index in [1.165, 1.54) is 6.33 Å². The molecule has 446 valence electrons. The van der Waals surface area contributed by atoms with Crippen molar-refractivity contribution in [2.75, 3.05) is 45.3 Å². The zero-order valence-electron chi connectivity index (χ0n) is 47.6. The van der Waals surface area contributed by atoms with Crippen molar-refractivity contribution < 1.29 is 65.0 Å². The van der Waals surface area contributed by atoms with Crippen LogP contribution in [0.4, 0.5) is 5.82 Å². The van der Waals surface area contributed by atoms with Gasteiger partial charge in [0.1, 0.15) is 30.4 Å². The molecule has 21 nitrogen and oxygen atoms in total. The van der Waals surface area contributed by atoms with Crippen LogP contribution in [0.15, 0.2) is 30.5 Å². The fourth-order valence-corrected chi connectivity index (χ4v) is 21.1. The highest BCUT2D eigenvalue weighted by molar-refractivity contribution is 5.87. The Bertz CT molecular complexity index is 2830. The van der Waals surface area contributed by atoms with Gasteiger partial charge in [0.15, 0.2) is 6.29 Å². The number of amides is 1. The number of carbonyl (C=O) groups excluding carboxylic acids is 1. The number of carboxylic acids is 1. The van der Waals surface area contributed by atoms with Crippen molar-refractivity contribution in [3.63, 3.8) is 0 Å². The molecule has 21 heteroatoms. The van der Waals surface area contributed by atoms with Crippen molar-refractivity contribution >= 4 is 17.7 Å². The maximum absolute atomic E-state index is 15.7. The number of aliphatic hydroxyl groups excluding tert-OH is 8. The zero-order chi connectivity index (χ0) is 57.7. The van der Waals surface area contributed by atoms with E-state index in [2.05, 4.69) is 76.5 Å². The number of hydrogen-bond acceptors (Lipinski definition) is 17. The molecule has 2 aromatic heterocycles. The monoisotopic (exact) mass is 1130 g/mol. The van der Waals surface area contributed by atoms with Crippen LogP contribution in [0, 0.1) is 109 Å². The number of imidazole rings is 2. The lowest BCUT2D eigenvalue weighted by molar-refractivity contribution is -0.343. The van der Waals surface area contributed by atoms with Gasteiger partial charge in [-0.25, -0.2) is 9.97 Å². The van der Waals surface area contributed by atoms with Crippen molar-refractivity contribution in [3.8, 4) is 11.8 Å². The molecule has 81 heavy (non-hydrogen) atoms. The summed E-state index contributed by atoms with van der Waals surface area (Å²) < 4.78 is 12.8. The molecule has 0 unspecified atom stereocenters. The van der Waals surface area contributed by atoms with Crippen LogP contribution in [0.2, 0.25) is 0 Å². The molecule has 10 aliphatic rings. The predicted octanol–water partition coefficient (Wildman–Crippen LogP) is 1.20. The molecule has 5 saturated carbocycles. The molecule has 16 N–H and O–H groups in total. The summed E-state index contributed by atoms with van der Waals surface area (Å²) >= 11 is 0. The summed E-state index contributed by atoms with van der Waals surface area (Å²) in [4.78, 5) is 46.1. The van der Waals surface area contributed by atoms with E-state index in [9.17, 15) is 50.8 Å². The smallest absolute Gasteiger partial charge is 0.310 e. The molecular weight excluding hydrogens is 1040 g/mol. The van der Waals surface area contributed by atoms with Gasteiger partial charge < -0.3 is 87.1 Å². The van der Waals surface area contributed by atoms with Gasteiger partial charge in [-0.2, -0.15) is 0 Å². The van der Waals surface area contributed by atoms with E-state index in [4.69, 9.17) is 20.2 Å². The normalized spacial score (nSPS) is 49.1. The number of aliphatic carboxylic acids is 1. The van der Waals surface area contributed by atoms with Gasteiger partial charge in [-0.15, -0.1) is 0 Å². The Kier molecular flexibility index (Phi) is 14.2. The van der Waals surface area contributed by atoms with Gasteiger partial charge >= 0.3 is 5.97 Å². The molecule has 1 amide bonds. The lowest BCUT2D eigenvalue weighted by atomic mass is 9.28. The van der Waals surface area contributed by atoms with Crippen molar-refractivity contribution in [2.24, 2.45) is 103 Å². The Morgan fingerprint density at radius 2 is 1.73 bits per heavy atom. The zero-order valence-corrected chi connectivity index (χ0v) is 47.6. The third-order valence-electron chi connectivity index (χ3n) is 25.1. The number of hydrogen-bond donors (Lipinski definition) is 15. The molecule has 27 atom stereocenters. The van der Waals surface area contributed by atoms with E-state index >= 15 is 4.79 Å². The fraction of sp³-hybridized carbons (Fsp3) is 0.800. The van der Waals surface area contributed by atoms with Crippen molar-refractivity contribution in [1.82, 2.24) is 30.6 Å². The number of nitrogens with two attached hydrogens (primary N) is 1. The summed E-state index contributed by atoms with van der Waals surface area (Å²) in [5, 5.41) is 117. The van der Waals surface area contributed by atoms with E-state index in [-0.39, 0.29) is 43.9 Å². The number of carboxylic acid groups (broad SMARTS) is 1. The number of aromatic nitrogens is 4. The highest BCUT2D eigenvalue weighted by atomic mass is 16.7. The molecule has 5 heterocycles. The van der Waals surface area contributed by atoms with Crippen LogP contribution < -0.4 is 21.7 Å². The van der Waals surface area contributed by atoms with Gasteiger partial charge in [-0.05, 0) is 128 Å². The van der Waals surface area contributed by atoms with Crippen molar-refractivity contribution in [1.29, 1.82) is 0 Å². The number of rotatable bonds is 12. The Morgan fingerprint density at radius 1 is 0.951 bits per heavy atom. The summed E-state index contributed by atoms with van der Waals surface area (Å²) in [5.41, 5.74) is 2.09. The third-order valence-corrected chi connectivity index (χ3v) is 25.1. The fourth-order valence-electron chi connectivity index (χ4n) is 21.1. The lowest BCUT2D eigenvalue weighted by Crippen LogP contribution is -2.75.